The molecule has 1 aliphatic heterocycles. The Bertz CT molecular complexity index is 1250. The van der Waals surface area contributed by atoms with Gasteiger partial charge in [0.05, 0.1) is 25.4 Å². The Morgan fingerprint density at radius 1 is 0.453 bits per heavy atom. The Morgan fingerprint density at radius 3 is 1.16 bits per heavy atom. The molecule has 1 saturated heterocycles. The molecule has 0 aliphatic carbocycles. The molecule has 0 aromatic rings. The standard InChI is InChI=1S/C65H125NO9/c1-3-5-7-9-11-13-15-17-19-21-22-23-24-25-26-27-28-29-30-31-32-33-34-35-36-37-38-40-42-44-46-48-50-52-54-59(69)64(73)66-57(56-74-65-63(72)62(71)61(70)60(55-67)75-65)58(68)53-51-49-47-45-43-41-39-20-18-16-14-12-10-8-6-4-2/h43,45,51,53,57-63,65,67-72H,3-42,44,46-50,52,54-56H2,1-2H3,(H,66,73)/b45-43+,53-51+. The van der Waals surface area contributed by atoms with Gasteiger partial charge in [0.2, 0.25) is 5.91 Å². The lowest BCUT2D eigenvalue weighted by molar-refractivity contribution is -0.302. The molecular formula is C65H125NO9. The number of hydrogen-bond donors (Lipinski definition) is 7. The van der Waals surface area contributed by atoms with Gasteiger partial charge in [-0.05, 0) is 32.1 Å². The smallest absolute Gasteiger partial charge is 0.249 e. The van der Waals surface area contributed by atoms with Crippen molar-refractivity contribution in [2.24, 2.45) is 0 Å². The summed E-state index contributed by atoms with van der Waals surface area (Å²) in [6, 6.07) is -0.995. The predicted octanol–water partition coefficient (Wildman–Crippen LogP) is 15.9. The minimum atomic E-state index is -1.61. The van der Waals surface area contributed by atoms with Crippen molar-refractivity contribution in [2.45, 2.75) is 371 Å². The molecule has 10 heteroatoms. The predicted molar refractivity (Wildman–Crippen MR) is 315 cm³/mol. The van der Waals surface area contributed by atoms with E-state index in [0.717, 1.165) is 38.5 Å². The maximum atomic E-state index is 13.2. The highest BCUT2D eigenvalue weighted by molar-refractivity contribution is 5.80. The van der Waals surface area contributed by atoms with E-state index in [1.54, 1.807) is 6.08 Å². The average Bonchev–Trinajstić information content (AvgIpc) is 3.41. The second-order valence-corrected chi connectivity index (χ2v) is 23.1. The maximum Gasteiger partial charge on any atom is 0.249 e. The molecule has 0 spiro atoms. The molecule has 0 aromatic heterocycles. The molecule has 1 heterocycles. The van der Waals surface area contributed by atoms with Crippen molar-refractivity contribution < 1.29 is 44.9 Å². The van der Waals surface area contributed by atoms with E-state index < -0.39 is 61.5 Å². The number of carbonyl (C=O) groups is 1. The summed E-state index contributed by atoms with van der Waals surface area (Å²) >= 11 is 0. The van der Waals surface area contributed by atoms with Crippen LogP contribution in [0, 0.1) is 0 Å². The molecular weight excluding hydrogens is 939 g/mol. The zero-order valence-electron chi connectivity index (χ0n) is 49.2. The molecule has 1 amide bonds. The third kappa shape index (κ3) is 43.2. The minimum Gasteiger partial charge on any atom is -0.394 e. The summed E-state index contributed by atoms with van der Waals surface area (Å²) < 4.78 is 11.2. The molecule has 0 radical (unpaired) electrons. The Morgan fingerprint density at radius 2 is 0.787 bits per heavy atom. The zero-order chi connectivity index (χ0) is 54.5. The molecule has 0 bridgehead atoms. The second kappa shape index (κ2) is 54.6. The second-order valence-electron chi connectivity index (χ2n) is 23.1. The van der Waals surface area contributed by atoms with Crippen molar-refractivity contribution in [1.29, 1.82) is 0 Å². The van der Waals surface area contributed by atoms with Gasteiger partial charge in [-0.3, -0.25) is 4.79 Å². The number of unbranched alkanes of at least 4 members (excludes halogenated alkanes) is 44. The lowest BCUT2D eigenvalue weighted by Gasteiger charge is -2.40. The van der Waals surface area contributed by atoms with Crippen LogP contribution in [0.4, 0.5) is 0 Å². The highest BCUT2D eigenvalue weighted by atomic mass is 16.7. The third-order valence-corrected chi connectivity index (χ3v) is 15.9. The van der Waals surface area contributed by atoms with E-state index in [2.05, 4.69) is 31.3 Å². The topological polar surface area (TPSA) is 169 Å². The Balaban J connectivity index is 2.13. The van der Waals surface area contributed by atoms with Gasteiger partial charge in [-0.2, -0.15) is 0 Å². The number of rotatable bonds is 57. The lowest BCUT2D eigenvalue weighted by Crippen LogP contribution is -2.60. The van der Waals surface area contributed by atoms with E-state index in [1.165, 1.54) is 257 Å². The highest BCUT2D eigenvalue weighted by Gasteiger charge is 2.44. The number of hydrogen-bond acceptors (Lipinski definition) is 9. The van der Waals surface area contributed by atoms with Gasteiger partial charge in [-0.25, -0.2) is 0 Å². The molecule has 8 unspecified atom stereocenters. The Kier molecular flexibility index (Phi) is 52.1. The van der Waals surface area contributed by atoms with Crippen molar-refractivity contribution in [3.63, 3.8) is 0 Å². The van der Waals surface area contributed by atoms with E-state index >= 15 is 0 Å². The first-order chi connectivity index (χ1) is 36.8. The van der Waals surface area contributed by atoms with Crippen LogP contribution in [0.3, 0.4) is 0 Å². The molecule has 8 atom stereocenters. The molecule has 0 aromatic carbocycles. The van der Waals surface area contributed by atoms with Gasteiger partial charge in [-0.1, -0.05) is 314 Å². The SMILES string of the molecule is CCCCCCCCCCCC/C=C/CC/C=C/C(O)C(COC1OC(CO)C(O)C(O)C1O)NC(=O)C(O)CCCCCCCCCCCCCCCCCCCCCCCCCCCCCCCCCCCC. The minimum absolute atomic E-state index is 0.309. The fraction of sp³-hybridized carbons (Fsp3) is 0.923. The van der Waals surface area contributed by atoms with Crippen molar-refractivity contribution >= 4 is 5.91 Å². The van der Waals surface area contributed by atoms with E-state index in [-0.39, 0.29) is 6.61 Å². The van der Waals surface area contributed by atoms with Crippen LogP contribution in [0.25, 0.3) is 0 Å². The maximum absolute atomic E-state index is 13.2. The van der Waals surface area contributed by atoms with Crippen LogP contribution < -0.4 is 5.32 Å². The first-order valence-electron chi connectivity index (χ1n) is 32.7. The van der Waals surface area contributed by atoms with E-state index in [1.807, 2.05) is 6.08 Å². The lowest BCUT2D eigenvalue weighted by atomic mass is 9.99. The van der Waals surface area contributed by atoms with Crippen LogP contribution in [-0.2, 0) is 14.3 Å². The number of ether oxygens (including phenoxy) is 2. The Labute approximate surface area is 462 Å². The van der Waals surface area contributed by atoms with Crippen LogP contribution in [0.5, 0.6) is 0 Å². The molecule has 1 fully saturated rings. The van der Waals surface area contributed by atoms with Gasteiger partial charge >= 0.3 is 0 Å². The van der Waals surface area contributed by atoms with Gasteiger partial charge in [0.25, 0.3) is 0 Å². The van der Waals surface area contributed by atoms with E-state index in [9.17, 15) is 35.4 Å². The number of allylic oxidation sites excluding steroid dienone is 3. The van der Waals surface area contributed by atoms with Crippen LogP contribution in [0.15, 0.2) is 24.3 Å². The quantitative estimate of drug-likeness (QED) is 0.0232. The van der Waals surface area contributed by atoms with Crippen molar-refractivity contribution in [2.75, 3.05) is 13.2 Å². The monoisotopic (exact) mass is 1060 g/mol. The highest BCUT2D eigenvalue weighted by Crippen LogP contribution is 2.23. The summed E-state index contributed by atoms with van der Waals surface area (Å²) in [5, 5.41) is 65.1. The van der Waals surface area contributed by atoms with Crippen LogP contribution in [0.1, 0.15) is 322 Å². The van der Waals surface area contributed by atoms with E-state index in [4.69, 9.17) is 9.47 Å². The summed E-state index contributed by atoms with van der Waals surface area (Å²) in [6.07, 6.45) is 60.4. The van der Waals surface area contributed by atoms with Crippen LogP contribution >= 0.6 is 0 Å². The van der Waals surface area contributed by atoms with Crippen molar-refractivity contribution in [3.05, 3.63) is 24.3 Å². The molecule has 1 rings (SSSR count). The van der Waals surface area contributed by atoms with Crippen LogP contribution in [-0.4, -0.2) is 98.7 Å². The number of aliphatic hydroxyl groups excluding tert-OH is 6. The summed E-state index contributed by atoms with van der Waals surface area (Å²) in [4.78, 5) is 13.2. The molecule has 10 nitrogen and oxygen atoms in total. The number of carbonyl (C=O) groups excluding carboxylic acids is 1. The fourth-order valence-corrected chi connectivity index (χ4v) is 10.7. The van der Waals surface area contributed by atoms with Gasteiger partial charge in [-0.15, -0.1) is 0 Å². The van der Waals surface area contributed by atoms with Gasteiger partial charge in [0.1, 0.15) is 30.5 Å². The molecule has 7 N–H and O–H groups in total. The molecule has 444 valence electrons. The normalized spacial score (nSPS) is 19.4. The largest absolute Gasteiger partial charge is 0.394 e. The van der Waals surface area contributed by atoms with Gasteiger partial charge in [0.15, 0.2) is 6.29 Å². The summed E-state index contributed by atoms with van der Waals surface area (Å²) in [7, 11) is 0. The molecule has 75 heavy (non-hydrogen) atoms. The summed E-state index contributed by atoms with van der Waals surface area (Å²) in [5.74, 6) is -0.620. The van der Waals surface area contributed by atoms with Crippen LogP contribution in [0.2, 0.25) is 0 Å². The average molecular weight is 1060 g/mol. The van der Waals surface area contributed by atoms with Crippen molar-refractivity contribution in [1.82, 2.24) is 5.32 Å². The van der Waals surface area contributed by atoms with Gasteiger partial charge in [0, 0.05) is 0 Å². The summed E-state index contributed by atoms with van der Waals surface area (Å²) in [6.45, 7) is 3.64. The number of nitrogens with one attached hydrogen (secondary N) is 1. The number of aliphatic hydroxyl groups is 6. The molecule has 0 saturated carbocycles. The Hall–Kier alpha value is -1.37. The van der Waals surface area contributed by atoms with Crippen molar-refractivity contribution in [3.8, 4) is 0 Å². The first-order valence-corrected chi connectivity index (χ1v) is 32.7. The summed E-state index contributed by atoms with van der Waals surface area (Å²) in [5.41, 5.74) is 0. The van der Waals surface area contributed by atoms with E-state index in [0.29, 0.717) is 12.8 Å². The number of amides is 1. The fourth-order valence-electron chi connectivity index (χ4n) is 10.7. The third-order valence-electron chi connectivity index (χ3n) is 15.9. The van der Waals surface area contributed by atoms with Gasteiger partial charge < -0.3 is 45.4 Å². The first kappa shape index (κ1) is 71.6. The zero-order valence-corrected chi connectivity index (χ0v) is 49.2. The molecule has 1 aliphatic rings.